The number of benzene rings is 1. The van der Waals surface area contributed by atoms with Crippen molar-refractivity contribution < 1.29 is 8.42 Å². The first-order valence-electron chi connectivity index (χ1n) is 6.79. The van der Waals surface area contributed by atoms with Gasteiger partial charge in [0.05, 0.1) is 5.69 Å². The van der Waals surface area contributed by atoms with Crippen LogP contribution in [0.3, 0.4) is 0 Å². The van der Waals surface area contributed by atoms with Crippen molar-refractivity contribution in [2.45, 2.75) is 37.5 Å². The molecule has 1 fully saturated rings. The van der Waals surface area contributed by atoms with E-state index in [1.54, 1.807) is 12.1 Å². The lowest BCUT2D eigenvalue weighted by molar-refractivity contribution is 0.485. The molecule has 0 bridgehead atoms. The largest absolute Gasteiger partial charge is 0.383 e. The van der Waals surface area contributed by atoms with E-state index in [1.807, 2.05) is 12.1 Å². The maximum atomic E-state index is 11.9. The molecule has 106 valence electrons. The summed E-state index contributed by atoms with van der Waals surface area (Å²) >= 11 is 0. The molecular weight excluding hydrogens is 260 g/mol. The third kappa shape index (κ3) is 3.28. The van der Waals surface area contributed by atoms with E-state index in [-0.39, 0.29) is 0 Å². The van der Waals surface area contributed by atoms with E-state index >= 15 is 0 Å². The van der Waals surface area contributed by atoms with Gasteiger partial charge in [0.1, 0.15) is 4.90 Å². The fourth-order valence-corrected chi connectivity index (χ4v) is 3.37. The van der Waals surface area contributed by atoms with Crippen LogP contribution < -0.4 is 10.0 Å². The van der Waals surface area contributed by atoms with Gasteiger partial charge in [-0.2, -0.15) is 0 Å². The summed E-state index contributed by atoms with van der Waals surface area (Å²) in [5, 5.41) is 3.32. The van der Waals surface area contributed by atoms with Crippen molar-refractivity contribution in [3.05, 3.63) is 24.3 Å². The Bertz CT molecular complexity index is 536. The second kappa shape index (κ2) is 5.51. The fourth-order valence-electron chi connectivity index (χ4n) is 2.46. The average Bonchev–Trinajstić information content (AvgIpc) is 3.17. The second-order valence-electron chi connectivity index (χ2n) is 5.31. The van der Waals surface area contributed by atoms with E-state index in [1.165, 1.54) is 32.7 Å². The zero-order valence-electron chi connectivity index (χ0n) is 11.6. The highest BCUT2D eigenvalue weighted by molar-refractivity contribution is 7.89. The molecule has 0 aromatic heterocycles. The van der Waals surface area contributed by atoms with Crippen molar-refractivity contribution in [3.63, 3.8) is 0 Å². The van der Waals surface area contributed by atoms with Crippen LogP contribution in [0.2, 0.25) is 0 Å². The topological polar surface area (TPSA) is 58.2 Å². The average molecular weight is 282 g/mol. The Balaban J connectivity index is 2.13. The molecule has 0 heterocycles. The number of para-hydroxylation sites is 1. The van der Waals surface area contributed by atoms with Crippen molar-refractivity contribution >= 4 is 15.7 Å². The number of rotatable bonds is 7. The molecule has 19 heavy (non-hydrogen) atoms. The zero-order valence-corrected chi connectivity index (χ0v) is 12.4. The molecule has 1 aliphatic carbocycles. The van der Waals surface area contributed by atoms with E-state index in [9.17, 15) is 8.42 Å². The maximum Gasteiger partial charge on any atom is 0.242 e. The van der Waals surface area contributed by atoms with Gasteiger partial charge in [0.15, 0.2) is 0 Å². The summed E-state index contributed by atoms with van der Waals surface area (Å²) in [7, 11) is -1.96. The summed E-state index contributed by atoms with van der Waals surface area (Å²) in [6.07, 6.45) is 4.88. The molecule has 0 saturated heterocycles. The lowest BCUT2D eigenvalue weighted by atomic mass is 10.0. The molecule has 0 amide bonds. The van der Waals surface area contributed by atoms with Crippen LogP contribution in [0.1, 0.15) is 32.6 Å². The predicted octanol–water partition coefficient (Wildman–Crippen LogP) is 2.59. The van der Waals surface area contributed by atoms with Crippen molar-refractivity contribution in [2.24, 2.45) is 5.41 Å². The molecule has 2 rings (SSSR count). The number of hydrogen-bond donors (Lipinski definition) is 2. The van der Waals surface area contributed by atoms with Gasteiger partial charge in [-0.25, -0.2) is 13.1 Å². The molecule has 1 saturated carbocycles. The van der Waals surface area contributed by atoms with Crippen molar-refractivity contribution in [3.8, 4) is 0 Å². The van der Waals surface area contributed by atoms with Gasteiger partial charge in [-0.3, -0.25) is 0 Å². The summed E-state index contributed by atoms with van der Waals surface area (Å²) in [5.74, 6) is 0. The van der Waals surface area contributed by atoms with Gasteiger partial charge in [-0.05, 0) is 43.9 Å². The fraction of sp³-hybridized carbons (Fsp3) is 0.571. The Morgan fingerprint density at radius 3 is 2.53 bits per heavy atom. The van der Waals surface area contributed by atoms with Crippen LogP contribution in [0.15, 0.2) is 29.2 Å². The Morgan fingerprint density at radius 1 is 1.26 bits per heavy atom. The first kappa shape index (κ1) is 14.3. The summed E-state index contributed by atoms with van der Waals surface area (Å²) in [4.78, 5) is 0.324. The van der Waals surface area contributed by atoms with Crippen LogP contribution in [0.5, 0.6) is 0 Å². The molecule has 0 atom stereocenters. The highest BCUT2D eigenvalue weighted by Gasteiger charge is 2.41. The van der Waals surface area contributed by atoms with Crippen molar-refractivity contribution in [1.29, 1.82) is 0 Å². The second-order valence-corrected chi connectivity index (χ2v) is 7.16. The number of anilines is 1. The summed E-state index contributed by atoms with van der Waals surface area (Å²) < 4.78 is 26.2. The summed E-state index contributed by atoms with van der Waals surface area (Å²) in [6, 6.07) is 7.06. The van der Waals surface area contributed by atoms with Crippen LogP contribution in [0.25, 0.3) is 0 Å². The van der Waals surface area contributed by atoms with Gasteiger partial charge in [0.25, 0.3) is 0 Å². The number of sulfonamides is 1. The highest BCUT2D eigenvalue weighted by atomic mass is 32.2. The normalized spacial score (nSPS) is 17.2. The predicted molar refractivity (Wildman–Crippen MR) is 77.8 cm³/mol. The molecule has 1 aliphatic rings. The quantitative estimate of drug-likeness (QED) is 0.808. The minimum absolute atomic E-state index is 0.324. The minimum Gasteiger partial charge on any atom is -0.383 e. The van der Waals surface area contributed by atoms with Crippen LogP contribution in [-0.4, -0.2) is 22.0 Å². The van der Waals surface area contributed by atoms with Crippen LogP contribution in [0, 0.1) is 5.41 Å². The molecule has 0 radical (unpaired) electrons. The van der Waals surface area contributed by atoms with Crippen molar-refractivity contribution in [2.75, 3.05) is 18.9 Å². The van der Waals surface area contributed by atoms with E-state index < -0.39 is 10.0 Å². The highest BCUT2D eigenvalue weighted by Crippen LogP contribution is 2.49. The Morgan fingerprint density at radius 2 is 1.95 bits per heavy atom. The third-order valence-electron chi connectivity index (χ3n) is 3.84. The van der Waals surface area contributed by atoms with Gasteiger partial charge in [-0.1, -0.05) is 25.5 Å². The van der Waals surface area contributed by atoms with Gasteiger partial charge < -0.3 is 5.32 Å². The Labute approximate surface area is 115 Å². The van der Waals surface area contributed by atoms with E-state index in [4.69, 9.17) is 0 Å². The monoisotopic (exact) mass is 282 g/mol. The molecule has 1 aromatic carbocycles. The molecule has 5 heteroatoms. The van der Waals surface area contributed by atoms with Crippen LogP contribution in [0.4, 0.5) is 5.69 Å². The molecule has 0 unspecified atom stereocenters. The van der Waals surface area contributed by atoms with Gasteiger partial charge in [0, 0.05) is 6.54 Å². The summed E-state index contributed by atoms with van der Waals surface area (Å²) in [6.45, 7) is 3.05. The lowest BCUT2D eigenvalue weighted by Crippen LogP contribution is -2.22. The van der Waals surface area contributed by atoms with Crippen LogP contribution >= 0.6 is 0 Å². The third-order valence-corrected chi connectivity index (χ3v) is 5.31. The molecule has 0 spiro atoms. The Hall–Kier alpha value is -1.07. The Kier molecular flexibility index (Phi) is 4.16. The van der Waals surface area contributed by atoms with E-state index in [2.05, 4.69) is 17.0 Å². The molecule has 2 N–H and O–H groups in total. The van der Waals surface area contributed by atoms with E-state index in [0.717, 1.165) is 6.54 Å². The maximum absolute atomic E-state index is 11.9. The lowest BCUT2D eigenvalue weighted by Gasteiger charge is -2.17. The van der Waals surface area contributed by atoms with Crippen molar-refractivity contribution in [1.82, 2.24) is 4.72 Å². The SMILES string of the molecule is CCCC1(CNc2ccccc2S(=O)(=O)NC)CC1. The standard InChI is InChI=1S/C14H22N2O2S/c1-3-8-14(9-10-14)11-16-12-6-4-5-7-13(12)19(17,18)15-2/h4-7,15-16H,3,8-11H2,1-2H3. The zero-order chi connectivity index (χ0) is 13.9. The van der Waals surface area contributed by atoms with E-state index in [0.29, 0.717) is 16.0 Å². The first-order chi connectivity index (χ1) is 9.03. The van der Waals surface area contributed by atoms with Gasteiger partial charge in [0.2, 0.25) is 10.0 Å². The minimum atomic E-state index is -3.40. The van der Waals surface area contributed by atoms with Gasteiger partial charge >= 0.3 is 0 Å². The number of hydrogen-bond acceptors (Lipinski definition) is 3. The smallest absolute Gasteiger partial charge is 0.242 e. The first-order valence-corrected chi connectivity index (χ1v) is 8.28. The van der Waals surface area contributed by atoms with Crippen LogP contribution in [-0.2, 0) is 10.0 Å². The number of nitrogens with one attached hydrogen (secondary N) is 2. The van der Waals surface area contributed by atoms with Gasteiger partial charge in [-0.15, -0.1) is 0 Å². The molecule has 4 nitrogen and oxygen atoms in total. The summed E-state index contributed by atoms with van der Waals surface area (Å²) in [5.41, 5.74) is 1.09. The molecule has 0 aliphatic heterocycles. The molecular formula is C14H22N2O2S. The molecule has 1 aromatic rings.